The van der Waals surface area contributed by atoms with Crippen LogP contribution in [0.1, 0.15) is 37.9 Å². The highest BCUT2D eigenvalue weighted by Crippen LogP contribution is 2.27. The lowest BCUT2D eigenvalue weighted by Gasteiger charge is -2.30. The maximum atomic E-state index is 12.4. The SMILES string of the molecule is Cc1cc(NC(=O)CN2CCC[C@H](C)C2)n([C@@H]2CCS(=O)(=O)C2)n1. The summed E-state index contributed by atoms with van der Waals surface area (Å²) >= 11 is 0. The van der Waals surface area contributed by atoms with E-state index in [2.05, 4.69) is 22.2 Å². The molecule has 1 N–H and O–H groups in total. The zero-order valence-electron chi connectivity index (χ0n) is 14.4. The van der Waals surface area contributed by atoms with Gasteiger partial charge in [0.1, 0.15) is 5.82 Å². The van der Waals surface area contributed by atoms with Gasteiger partial charge in [0.25, 0.3) is 0 Å². The summed E-state index contributed by atoms with van der Waals surface area (Å²) < 4.78 is 25.1. The van der Waals surface area contributed by atoms with Gasteiger partial charge in [0.05, 0.1) is 29.8 Å². The zero-order chi connectivity index (χ0) is 17.3. The van der Waals surface area contributed by atoms with Crippen molar-refractivity contribution in [3.05, 3.63) is 11.8 Å². The van der Waals surface area contributed by atoms with E-state index in [1.165, 1.54) is 6.42 Å². The van der Waals surface area contributed by atoms with Gasteiger partial charge in [-0.15, -0.1) is 0 Å². The molecule has 2 fully saturated rings. The third-order valence-corrected chi connectivity index (χ3v) is 6.54. The molecule has 134 valence electrons. The van der Waals surface area contributed by atoms with Crippen molar-refractivity contribution in [2.45, 2.75) is 39.2 Å². The average molecular weight is 354 g/mol. The first-order chi connectivity index (χ1) is 11.3. The normalized spacial score (nSPS) is 27.2. The Morgan fingerprint density at radius 1 is 1.42 bits per heavy atom. The highest BCUT2D eigenvalue weighted by Gasteiger charge is 2.31. The smallest absolute Gasteiger partial charge is 0.239 e. The van der Waals surface area contributed by atoms with Crippen molar-refractivity contribution in [2.75, 3.05) is 36.5 Å². The van der Waals surface area contributed by atoms with Crippen LogP contribution in [0.25, 0.3) is 0 Å². The van der Waals surface area contributed by atoms with Crippen molar-refractivity contribution in [2.24, 2.45) is 5.92 Å². The third-order valence-electron chi connectivity index (χ3n) is 4.79. The largest absolute Gasteiger partial charge is 0.310 e. The van der Waals surface area contributed by atoms with Crippen molar-refractivity contribution in [1.29, 1.82) is 0 Å². The molecule has 3 rings (SSSR count). The van der Waals surface area contributed by atoms with Gasteiger partial charge in [-0.2, -0.15) is 5.10 Å². The molecule has 3 heterocycles. The molecule has 0 aliphatic carbocycles. The number of aryl methyl sites for hydroxylation is 1. The second kappa shape index (κ2) is 6.84. The Bertz CT molecular complexity index is 713. The van der Waals surface area contributed by atoms with Crippen LogP contribution in [0.3, 0.4) is 0 Å². The quantitative estimate of drug-likeness (QED) is 0.879. The van der Waals surface area contributed by atoms with E-state index in [9.17, 15) is 13.2 Å². The van der Waals surface area contributed by atoms with E-state index in [1.807, 2.05) is 13.0 Å². The van der Waals surface area contributed by atoms with E-state index >= 15 is 0 Å². The molecule has 2 aliphatic heterocycles. The Kier molecular flexibility index (Phi) is 4.96. The second-order valence-corrected chi connectivity index (χ2v) is 9.43. The zero-order valence-corrected chi connectivity index (χ0v) is 15.2. The van der Waals surface area contributed by atoms with Crippen LogP contribution in [0, 0.1) is 12.8 Å². The fourth-order valence-electron chi connectivity index (χ4n) is 3.67. The molecule has 1 aromatic heterocycles. The molecule has 0 radical (unpaired) electrons. The Hall–Kier alpha value is -1.41. The molecule has 0 saturated carbocycles. The Morgan fingerprint density at radius 2 is 2.21 bits per heavy atom. The molecule has 1 aromatic rings. The summed E-state index contributed by atoms with van der Waals surface area (Å²) in [6.07, 6.45) is 2.90. The minimum Gasteiger partial charge on any atom is -0.310 e. The minimum absolute atomic E-state index is 0.0638. The van der Waals surface area contributed by atoms with Crippen molar-refractivity contribution < 1.29 is 13.2 Å². The molecule has 2 atom stereocenters. The summed E-state index contributed by atoms with van der Waals surface area (Å²) in [5.74, 6) is 1.45. The summed E-state index contributed by atoms with van der Waals surface area (Å²) in [5, 5.41) is 7.32. The predicted molar refractivity (Wildman–Crippen MR) is 92.7 cm³/mol. The van der Waals surface area contributed by atoms with Gasteiger partial charge in [0, 0.05) is 12.6 Å². The highest BCUT2D eigenvalue weighted by atomic mass is 32.2. The van der Waals surface area contributed by atoms with E-state index < -0.39 is 9.84 Å². The summed E-state index contributed by atoms with van der Waals surface area (Å²) in [7, 11) is -2.99. The lowest BCUT2D eigenvalue weighted by Crippen LogP contribution is -2.40. The number of carbonyl (C=O) groups is 1. The maximum absolute atomic E-state index is 12.4. The Balaban J connectivity index is 1.65. The van der Waals surface area contributed by atoms with E-state index in [1.54, 1.807) is 4.68 Å². The topological polar surface area (TPSA) is 84.3 Å². The Labute approximate surface area is 143 Å². The number of rotatable bonds is 4. The van der Waals surface area contributed by atoms with Gasteiger partial charge in [-0.1, -0.05) is 6.92 Å². The summed E-state index contributed by atoms with van der Waals surface area (Å²) in [6, 6.07) is 1.62. The minimum atomic E-state index is -2.99. The van der Waals surface area contributed by atoms with Crippen LogP contribution in [0.15, 0.2) is 6.07 Å². The van der Waals surface area contributed by atoms with E-state index in [0.717, 1.165) is 25.2 Å². The molecule has 0 aromatic carbocycles. The highest BCUT2D eigenvalue weighted by molar-refractivity contribution is 7.91. The summed E-state index contributed by atoms with van der Waals surface area (Å²) in [4.78, 5) is 14.6. The number of nitrogens with one attached hydrogen (secondary N) is 1. The van der Waals surface area contributed by atoms with Gasteiger partial charge in [-0.05, 0) is 38.6 Å². The number of amides is 1. The molecule has 2 saturated heterocycles. The second-order valence-electron chi connectivity index (χ2n) is 7.20. The molecule has 24 heavy (non-hydrogen) atoms. The molecule has 7 nitrogen and oxygen atoms in total. The number of hydrogen-bond acceptors (Lipinski definition) is 5. The molecular formula is C16H26N4O3S. The summed E-state index contributed by atoms with van der Waals surface area (Å²) in [6.45, 7) is 6.34. The first kappa shape index (κ1) is 17.4. The van der Waals surface area contributed by atoms with Crippen LogP contribution in [-0.4, -0.2) is 60.1 Å². The molecule has 0 bridgehead atoms. The molecular weight excluding hydrogens is 328 g/mol. The van der Waals surface area contributed by atoms with Gasteiger partial charge in [0.15, 0.2) is 9.84 Å². The van der Waals surface area contributed by atoms with Crippen LogP contribution in [-0.2, 0) is 14.6 Å². The van der Waals surface area contributed by atoms with Crippen LogP contribution >= 0.6 is 0 Å². The van der Waals surface area contributed by atoms with Crippen molar-refractivity contribution in [3.8, 4) is 0 Å². The summed E-state index contributed by atoms with van der Waals surface area (Å²) in [5.41, 5.74) is 0.779. The molecule has 1 amide bonds. The number of piperidine rings is 1. The predicted octanol–water partition coefficient (Wildman–Crippen LogP) is 1.22. The van der Waals surface area contributed by atoms with E-state index in [-0.39, 0.29) is 23.5 Å². The van der Waals surface area contributed by atoms with Crippen LogP contribution in [0.4, 0.5) is 5.82 Å². The Morgan fingerprint density at radius 3 is 2.88 bits per heavy atom. The van der Waals surface area contributed by atoms with Crippen LogP contribution in [0.2, 0.25) is 0 Å². The first-order valence-corrected chi connectivity index (χ1v) is 10.4. The monoisotopic (exact) mass is 354 g/mol. The number of likely N-dealkylation sites (tertiary alicyclic amines) is 1. The fraction of sp³-hybridized carbons (Fsp3) is 0.750. The first-order valence-electron chi connectivity index (χ1n) is 8.61. The number of carbonyl (C=O) groups excluding carboxylic acids is 1. The van der Waals surface area contributed by atoms with Gasteiger partial charge in [0.2, 0.25) is 5.91 Å². The van der Waals surface area contributed by atoms with Gasteiger partial charge in [-0.25, -0.2) is 13.1 Å². The third kappa shape index (κ3) is 4.16. The van der Waals surface area contributed by atoms with Crippen LogP contribution < -0.4 is 5.32 Å². The number of aromatic nitrogens is 2. The van der Waals surface area contributed by atoms with Crippen molar-refractivity contribution in [3.63, 3.8) is 0 Å². The van der Waals surface area contributed by atoms with E-state index in [4.69, 9.17) is 0 Å². The van der Waals surface area contributed by atoms with Crippen molar-refractivity contribution >= 4 is 21.6 Å². The lowest BCUT2D eigenvalue weighted by molar-refractivity contribution is -0.117. The molecule has 2 aliphatic rings. The van der Waals surface area contributed by atoms with Gasteiger partial charge >= 0.3 is 0 Å². The van der Waals surface area contributed by atoms with Gasteiger partial charge < -0.3 is 5.32 Å². The van der Waals surface area contributed by atoms with E-state index in [0.29, 0.717) is 24.7 Å². The van der Waals surface area contributed by atoms with Crippen molar-refractivity contribution in [1.82, 2.24) is 14.7 Å². The molecule has 0 unspecified atom stereocenters. The average Bonchev–Trinajstić information content (AvgIpc) is 3.01. The lowest BCUT2D eigenvalue weighted by atomic mass is 10.0. The number of sulfone groups is 1. The number of nitrogens with zero attached hydrogens (tertiary/aromatic N) is 3. The standard InChI is InChI=1S/C16H26N4O3S/c1-12-4-3-6-19(9-12)10-16(21)17-15-8-13(2)18-20(15)14-5-7-24(22,23)11-14/h8,12,14H,3-7,9-11H2,1-2H3,(H,17,21)/t12-,14+/m0/s1. The molecule has 8 heteroatoms. The number of anilines is 1. The number of hydrogen-bond donors (Lipinski definition) is 1. The fourth-order valence-corrected chi connectivity index (χ4v) is 5.36. The van der Waals surface area contributed by atoms with Gasteiger partial charge in [-0.3, -0.25) is 9.69 Å². The maximum Gasteiger partial charge on any atom is 0.239 e. The van der Waals surface area contributed by atoms with Crippen LogP contribution in [0.5, 0.6) is 0 Å². The molecule has 0 spiro atoms.